The Labute approximate surface area is 233 Å². The lowest BCUT2D eigenvalue weighted by Crippen LogP contribution is -2.35. The summed E-state index contributed by atoms with van der Waals surface area (Å²) in [6.07, 6.45) is 10.3. The van der Waals surface area contributed by atoms with Crippen molar-refractivity contribution in [3.63, 3.8) is 0 Å². The summed E-state index contributed by atoms with van der Waals surface area (Å²) < 4.78 is 16.6. The second-order valence-corrected chi connectivity index (χ2v) is 12.7. The number of carbonyl (C=O) groups excluding carboxylic acids is 1. The number of benzene rings is 2. The van der Waals surface area contributed by atoms with E-state index in [0.717, 1.165) is 65.5 Å². The molecule has 0 spiro atoms. The maximum atomic E-state index is 13.3. The van der Waals surface area contributed by atoms with Crippen molar-refractivity contribution in [1.29, 1.82) is 0 Å². The van der Waals surface area contributed by atoms with E-state index in [4.69, 9.17) is 4.98 Å². The monoisotopic (exact) mass is 544 g/mol. The maximum Gasteiger partial charge on any atom is 0.195 e. The van der Waals surface area contributed by atoms with Crippen LogP contribution in [-0.2, 0) is 0 Å². The van der Waals surface area contributed by atoms with Crippen molar-refractivity contribution in [3.8, 4) is 11.3 Å². The molecule has 0 radical (unpaired) electrons. The van der Waals surface area contributed by atoms with E-state index in [-0.39, 0.29) is 5.78 Å². The predicted octanol–water partition coefficient (Wildman–Crippen LogP) is 7.30. The van der Waals surface area contributed by atoms with Crippen LogP contribution in [0.15, 0.2) is 42.6 Å². The number of ketones is 1. The number of thiazole rings is 1. The molecule has 3 fully saturated rings. The molecule has 204 valence electrons. The molecule has 4 heterocycles. The highest BCUT2D eigenvalue weighted by Gasteiger charge is 2.29. The first-order valence-electron chi connectivity index (χ1n) is 14.8. The lowest BCUT2D eigenvalue weighted by atomic mass is 9.95. The Balaban J connectivity index is 1.05. The third kappa shape index (κ3) is 5.29. The first kappa shape index (κ1) is 25.4. The first-order chi connectivity index (χ1) is 19.1. The highest BCUT2D eigenvalue weighted by Crippen LogP contribution is 2.46. The molecular formula is C32H37FN4OS. The molecule has 7 rings (SSSR count). The summed E-state index contributed by atoms with van der Waals surface area (Å²) in [5, 5.41) is 3.64. The summed E-state index contributed by atoms with van der Waals surface area (Å²) in [5.74, 6) is 0.866. The van der Waals surface area contributed by atoms with E-state index in [1.165, 1.54) is 42.4 Å². The number of carbonyl (C=O) groups is 1. The second-order valence-electron chi connectivity index (χ2n) is 11.7. The van der Waals surface area contributed by atoms with Gasteiger partial charge in [0.25, 0.3) is 0 Å². The molecule has 0 amide bonds. The highest BCUT2D eigenvalue weighted by atomic mass is 32.1. The molecule has 2 saturated heterocycles. The number of likely N-dealkylation sites (tertiary alicyclic amines) is 1. The zero-order valence-electron chi connectivity index (χ0n) is 22.5. The van der Waals surface area contributed by atoms with Gasteiger partial charge in [-0.25, -0.2) is 9.37 Å². The fraction of sp³-hybridized carbons (Fsp3) is 0.500. The van der Waals surface area contributed by atoms with Crippen molar-refractivity contribution in [2.75, 3.05) is 26.2 Å². The highest BCUT2D eigenvalue weighted by molar-refractivity contribution is 7.23. The van der Waals surface area contributed by atoms with Gasteiger partial charge < -0.3 is 10.2 Å². The zero-order chi connectivity index (χ0) is 26.3. The number of alkyl halides is 1. The Kier molecular flexibility index (Phi) is 6.99. The van der Waals surface area contributed by atoms with Gasteiger partial charge in [0.1, 0.15) is 6.17 Å². The van der Waals surface area contributed by atoms with Gasteiger partial charge in [0, 0.05) is 42.9 Å². The Morgan fingerprint density at radius 2 is 1.92 bits per heavy atom. The number of nitrogens with one attached hydrogen (secondary N) is 1. The van der Waals surface area contributed by atoms with Crippen LogP contribution in [0, 0.1) is 0 Å². The number of rotatable bonds is 9. The number of nitrogens with zero attached hydrogens (tertiary/aromatic N) is 3. The topological polar surface area (TPSA) is 49.6 Å². The van der Waals surface area contributed by atoms with Crippen LogP contribution >= 0.6 is 11.3 Å². The van der Waals surface area contributed by atoms with Crippen LogP contribution in [0.4, 0.5) is 4.39 Å². The van der Waals surface area contributed by atoms with E-state index in [2.05, 4.69) is 45.1 Å². The van der Waals surface area contributed by atoms with Gasteiger partial charge in [0.2, 0.25) is 0 Å². The van der Waals surface area contributed by atoms with E-state index < -0.39 is 6.17 Å². The number of halogens is 1. The Morgan fingerprint density at radius 3 is 2.72 bits per heavy atom. The number of hydrogen-bond donors (Lipinski definition) is 1. The van der Waals surface area contributed by atoms with E-state index >= 15 is 0 Å². The summed E-state index contributed by atoms with van der Waals surface area (Å²) in [4.78, 5) is 21.3. The number of fused-ring (bicyclic) bond motifs is 3. The first-order valence-corrected chi connectivity index (χ1v) is 15.6. The van der Waals surface area contributed by atoms with Crippen LogP contribution in [0.5, 0.6) is 0 Å². The Bertz CT molecular complexity index is 1490. The molecule has 39 heavy (non-hydrogen) atoms. The van der Waals surface area contributed by atoms with Crippen LogP contribution in [0.2, 0.25) is 0 Å². The third-order valence-corrected chi connectivity index (χ3v) is 9.91. The van der Waals surface area contributed by atoms with Gasteiger partial charge in [-0.05, 0) is 99.7 Å². The van der Waals surface area contributed by atoms with Gasteiger partial charge in [-0.3, -0.25) is 9.20 Å². The number of hydrogen-bond acceptors (Lipinski definition) is 5. The van der Waals surface area contributed by atoms with Crippen LogP contribution in [0.1, 0.15) is 91.2 Å². The molecule has 0 bridgehead atoms. The zero-order valence-corrected chi connectivity index (χ0v) is 23.3. The van der Waals surface area contributed by atoms with Crippen LogP contribution < -0.4 is 5.32 Å². The van der Waals surface area contributed by atoms with Gasteiger partial charge in [-0.1, -0.05) is 29.5 Å². The fourth-order valence-corrected chi connectivity index (χ4v) is 7.47. The molecule has 7 heteroatoms. The van der Waals surface area contributed by atoms with Gasteiger partial charge in [0.05, 0.1) is 15.9 Å². The molecule has 1 saturated carbocycles. The normalized spacial score (nSPS) is 20.9. The molecule has 4 aromatic rings. The molecule has 1 atom stereocenters. The van der Waals surface area contributed by atoms with E-state index in [1.54, 1.807) is 11.3 Å². The maximum absolute atomic E-state index is 13.3. The molecule has 1 aliphatic carbocycles. The standard InChI is InChI=1S/C32H37FN4OS/c33-24-12-16-36(17-13-24)15-2-1-5-30(38)23-9-11-29-31(19-23)39-32-35-28(20-37(29)32)25-10-8-22(27-4-3-14-34-27)18-26(25)21-6-7-21/h8-11,18-21,24,27,34H,1-7,12-17H2/t27-/m1/s1. The van der Waals surface area contributed by atoms with Crippen LogP contribution in [0.25, 0.3) is 26.4 Å². The summed E-state index contributed by atoms with van der Waals surface area (Å²) in [5.41, 5.74) is 7.09. The average Bonchev–Trinajstić information content (AvgIpc) is 3.34. The summed E-state index contributed by atoms with van der Waals surface area (Å²) >= 11 is 1.66. The molecule has 2 aliphatic heterocycles. The number of aromatic nitrogens is 2. The third-order valence-electron chi connectivity index (χ3n) is 8.89. The summed E-state index contributed by atoms with van der Waals surface area (Å²) in [6, 6.07) is 13.6. The molecule has 2 aromatic heterocycles. The quantitative estimate of drug-likeness (QED) is 0.177. The molecule has 5 nitrogen and oxygen atoms in total. The average molecular weight is 545 g/mol. The van der Waals surface area contributed by atoms with Crippen molar-refractivity contribution in [3.05, 3.63) is 59.3 Å². The Morgan fingerprint density at radius 1 is 1.05 bits per heavy atom. The molecular weight excluding hydrogens is 507 g/mol. The second kappa shape index (κ2) is 10.8. The molecule has 1 N–H and O–H groups in total. The van der Waals surface area contributed by atoms with Crippen LogP contribution in [-0.4, -0.2) is 52.4 Å². The minimum atomic E-state index is -0.629. The number of Topliss-reactive ketones (excluding diaryl/α,β-unsaturated/α-hetero) is 1. The van der Waals surface area contributed by atoms with E-state index in [9.17, 15) is 9.18 Å². The number of imidazole rings is 1. The van der Waals surface area contributed by atoms with E-state index in [1.807, 2.05) is 12.1 Å². The van der Waals surface area contributed by atoms with Crippen molar-refractivity contribution in [2.24, 2.45) is 0 Å². The fourth-order valence-electron chi connectivity index (χ4n) is 6.43. The Hall–Kier alpha value is -2.61. The van der Waals surface area contributed by atoms with E-state index in [0.29, 0.717) is 31.2 Å². The van der Waals surface area contributed by atoms with Gasteiger partial charge in [-0.2, -0.15) is 0 Å². The molecule has 2 aromatic carbocycles. The van der Waals surface area contributed by atoms with Crippen molar-refractivity contribution in [2.45, 2.75) is 75.9 Å². The number of unbranched alkanes of at least 4 members (excludes halogenated alkanes) is 1. The molecule has 0 unspecified atom stereocenters. The minimum absolute atomic E-state index is 0.206. The largest absolute Gasteiger partial charge is 0.310 e. The predicted molar refractivity (Wildman–Crippen MR) is 157 cm³/mol. The lowest BCUT2D eigenvalue weighted by Gasteiger charge is -2.28. The number of piperidine rings is 1. The van der Waals surface area contributed by atoms with Crippen molar-refractivity contribution in [1.82, 2.24) is 19.6 Å². The lowest BCUT2D eigenvalue weighted by molar-refractivity contribution is 0.0976. The summed E-state index contributed by atoms with van der Waals surface area (Å²) in [7, 11) is 0. The van der Waals surface area contributed by atoms with Gasteiger partial charge >= 0.3 is 0 Å². The van der Waals surface area contributed by atoms with Crippen LogP contribution in [0.3, 0.4) is 0 Å². The smallest absolute Gasteiger partial charge is 0.195 e. The van der Waals surface area contributed by atoms with Crippen molar-refractivity contribution >= 4 is 32.3 Å². The van der Waals surface area contributed by atoms with Gasteiger partial charge in [0.15, 0.2) is 10.7 Å². The van der Waals surface area contributed by atoms with Crippen molar-refractivity contribution < 1.29 is 9.18 Å². The molecule has 3 aliphatic rings. The minimum Gasteiger partial charge on any atom is -0.310 e. The SMILES string of the molecule is O=C(CCCCN1CCC(F)CC1)c1ccc2c(c1)sc1nc(-c3ccc([C@H]4CCCN4)cc3C3CC3)cn12. The van der Waals surface area contributed by atoms with Gasteiger partial charge in [-0.15, -0.1) is 0 Å². The summed E-state index contributed by atoms with van der Waals surface area (Å²) in [6.45, 7) is 3.77.